The topological polar surface area (TPSA) is 90.5 Å². The molecule has 0 bridgehead atoms. The maximum absolute atomic E-state index is 13.4. The number of benzene rings is 1. The molecule has 1 aromatic carbocycles. The first-order valence-electron chi connectivity index (χ1n) is 6.80. The number of H-pyrrole nitrogens is 1. The molecule has 0 aliphatic carbocycles. The van der Waals surface area contributed by atoms with Gasteiger partial charge in [0.2, 0.25) is 5.56 Å². The van der Waals surface area contributed by atoms with E-state index in [-0.39, 0.29) is 12.1 Å². The van der Waals surface area contributed by atoms with Gasteiger partial charge in [-0.3, -0.25) is 14.4 Å². The quantitative estimate of drug-likeness (QED) is 0.872. The molecule has 1 atom stereocenters. The van der Waals surface area contributed by atoms with E-state index in [0.717, 1.165) is 6.07 Å². The molecule has 3 rings (SSSR count). The van der Waals surface area contributed by atoms with Crippen molar-refractivity contribution in [3.05, 3.63) is 46.0 Å². The maximum atomic E-state index is 13.4. The molecule has 1 aliphatic rings. The summed E-state index contributed by atoms with van der Waals surface area (Å²) < 4.78 is 13.4. The molecule has 1 unspecified atom stereocenters. The molecule has 0 spiro atoms. The number of pyridine rings is 1. The fourth-order valence-corrected chi connectivity index (χ4v) is 2.72. The SMILES string of the molecule is O=C(O)C1CCN(C(=O)c2cc(=O)[nH]c3ccc(F)cc23)C1. The van der Waals surface area contributed by atoms with Gasteiger partial charge in [-0.15, -0.1) is 0 Å². The van der Waals surface area contributed by atoms with Gasteiger partial charge in [0.15, 0.2) is 0 Å². The molecule has 1 aromatic heterocycles. The van der Waals surface area contributed by atoms with Crippen LogP contribution in [-0.4, -0.2) is 40.0 Å². The van der Waals surface area contributed by atoms with Crippen LogP contribution in [0.2, 0.25) is 0 Å². The monoisotopic (exact) mass is 304 g/mol. The second kappa shape index (κ2) is 5.25. The second-order valence-electron chi connectivity index (χ2n) is 5.31. The van der Waals surface area contributed by atoms with Gasteiger partial charge in [0.25, 0.3) is 5.91 Å². The number of carbonyl (C=O) groups excluding carboxylic acids is 1. The van der Waals surface area contributed by atoms with Crippen molar-refractivity contribution in [3.63, 3.8) is 0 Å². The van der Waals surface area contributed by atoms with E-state index in [0.29, 0.717) is 23.9 Å². The summed E-state index contributed by atoms with van der Waals surface area (Å²) in [6.45, 7) is 0.400. The summed E-state index contributed by atoms with van der Waals surface area (Å²) in [5.74, 6) is -2.52. The van der Waals surface area contributed by atoms with Gasteiger partial charge < -0.3 is 15.0 Å². The van der Waals surface area contributed by atoms with Gasteiger partial charge in [0, 0.05) is 30.1 Å². The number of carbonyl (C=O) groups is 2. The minimum atomic E-state index is -0.947. The summed E-state index contributed by atoms with van der Waals surface area (Å²) in [6.07, 6.45) is 0.372. The number of carboxylic acids is 1. The Morgan fingerprint density at radius 1 is 1.32 bits per heavy atom. The first-order valence-corrected chi connectivity index (χ1v) is 6.80. The highest BCUT2D eigenvalue weighted by atomic mass is 19.1. The van der Waals surface area contributed by atoms with E-state index in [9.17, 15) is 18.8 Å². The van der Waals surface area contributed by atoms with Crippen LogP contribution in [0.5, 0.6) is 0 Å². The van der Waals surface area contributed by atoms with Crippen LogP contribution in [0.4, 0.5) is 4.39 Å². The van der Waals surface area contributed by atoms with Gasteiger partial charge in [-0.25, -0.2) is 4.39 Å². The number of aliphatic carboxylic acids is 1. The molecule has 1 aliphatic heterocycles. The molecule has 7 heteroatoms. The number of likely N-dealkylation sites (tertiary alicyclic amines) is 1. The number of carboxylic acid groups (broad SMARTS) is 1. The van der Waals surface area contributed by atoms with Crippen molar-refractivity contribution < 1.29 is 19.1 Å². The Labute approximate surface area is 124 Å². The Balaban J connectivity index is 2.02. The van der Waals surface area contributed by atoms with E-state index >= 15 is 0 Å². The highest BCUT2D eigenvalue weighted by molar-refractivity contribution is 6.06. The zero-order valence-corrected chi connectivity index (χ0v) is 11.5. The number of aromatic nitrogens is 1. The van der Waals surface area contributed by atoms with Crippen molar-refractivity contribution in [2.24, 2.45) is 5.92 Å². The molecule has 1 fully saturated rings. The molecule has 1 amide bonds. The summed E-state index contributed by atoms with van der Waals surface area (Å²) >= 11 is 0. The lowest BCUT2D eigenvalue weighted by atomic mass is 10.1. The smallest absolute Gasteiger partial charge is 0.308 e. The Morgan fingerprint density at radius 2 is 2.09 bits per heavy atom. The predicted molar refractivity (Wildman–Crippen MR) is 76.2 cm³/mol. The number of halogens is 1. The fourth-order valence-electron chi connectivity index (χ4n) is 2.72. The average molecular weight is 304 g/mol. The molecule has 6 nitrogen and oxygen atoms in total. The highest BCUT2D eigenvalue weighted by Crippen LogP contribution is 2.22. The Kier molecular flexibility index (Phi) is 3.40. The van der Waals surface area contributed by atoms with Crippen molar-refractivity contribution in [2.45, 2.75) is 6.42 Å². The average Bonchev–Trinajstić information content (AvgIpc) is 2.96. The first-order chi connectivity index (χ1) is 10.5. The van der Waals surface area contributed by atoms with E-state index in [1.807, 2.05) is 0 Å². The lowest BCUT2D eigenvalue weighted by molar-refractivity contribution is -0.141. The molecule has 0 radical (unpaired) electrons. The summed E-state index contributed by atoms with van der Waals surface area (Å²) in [6, 6.07) is 4.90. The number of hydrogen-bond acceptors (Lipinski definition) is 3. The van der Waals surface area contributed by atoms with Crippen molar-refractivity contribution in [2.75, 3.05) is 13.1 Å². The zero-order chi connectivity index (χ0) is 15.9. The number of aromatic amines is 1. The first kappa shape index (κ1) is 14.2. The van der Waals surface area contributed by atoms with Crippen molar-refractivity contribution in [3.8, 4) is 0 Å². The van der Waals surface area contributed by atoms with E-state index in [1.165, 1.54) is 23.1 Å². The lowest BCUT2D eigenvalue weighted by Gasteiger charge is -2.17. The summed E-state index contributed by atoms with van der Waals surface area (Å²) in [4.78, 5) is 39.1. The maximum Gasteiger partial charge on any atom is 0.308 e. The Hall–Kier alpha value is -2.70. The van der Waals surface area contributed by atoms with Gasteiger partial charge in [0.05, 0.1) is 11.5 Å². The molecule has 2 N–H and O–H groups in total. The van der Waals surface area contributed by atoms with Crippen molar-refractivity contribution in [1.29, 1.82) is 0 Å². The van der Waals surface area contributed by atoms with Crippen LogP contribution in [0.1, 0.15) is 16.8 Å². The molecule has 1 saturated heterocycles. The number of nitrogens with one attached hydrogen (secondary N) is 1. The third-order valence-corrected chi connectivity index (χ3v) is 3.86. The lowest BCUT2D eigenvalue weighted by Crippen LogP contribution is -2.31. The number of nitrogens with zero attached hydrogens (tertiary/aromatic N) is 1. The summed E-state index contributed by atoms with van der Waals surface area (Å²) in [7, 11) is 0. The van der Waals surface area contributed by atoms with Gasteiger partial charge in [-0.2, -0.15) is 0 Å². The van der Waals surface area contributed by atoms with Crippen LogP contribution in [0, 0.1) is 11.7 Å². The van der Waals surface area contributed by atoms with E-state index in [1.54, 1.807) is 0 Å². The third kappa shape index (κ3) is 2.45. The minimum absolute atomic E-state index is 0.0873. The van der Waals surface area contributed by atoms with Crippen LogP contribution < -0.4 is 5.56 Å². The van der Waals surface area contributed by atoms with Crippen LogP contribution in [0.15, 0.2) is 29.1 Å². The van der Waals surface area contributed by atoms with Gasteiger partial charge in [-0.1, -0.05) is 0 Å². The number of hydrogen-bond donors (Lipinski definition) is 2. The minimum Gasteiger partial charge on any atom is -0.481 e. The standard InChI is InChI=1S/C15H13FN2O4/c16-9-1-2-12-10(5-9)11(6-13(19)17-12)14(20)18-4-3-8(7-18)15(21)22/h1-2,5-6,8H,3-4,7H2,(H,17,19)(H,21,22). The second-order valence-corrected chi connectivity index (χ2v) is 5.31. The predicted octanol–water partition coefficient (Wildman–Crippen LogP) is 1.21. The van der Waals surface area contributed by atoms with E-state index in [4.69, 9.17) is 5.11 Å². The third-order valence-electron chi connectivity index (χ3n) is 3.86. The van der Waals surface area contributed by atoms with Gasteiger partial charge in [-0.05, 0) is 24.6 Å². The van der Waals surface area contributed by atoms with Crippen molar-refractivity contribution in [1.82, 2.24) is 9.88 Å². The number of amides is 1. The van der Waals surface area contributed by atoms with Crippen LogP contribution in [-0.2, 0) is 4.79 Å². The number of fused-ring (bicyclic) bond motifs is 1. The molecule has 2 heterocycles. The molecule has 22 heavy (non-hydrogen) atoms. The highest BCUT2D eigenvalue weighted by Gasteiger charge is 2.32. The fraction of sp³-hybridized carbons (Fsp3) is 0.267. The Bertz CT molecular complexity index is 830. The van der Waals surface area contributed by atoms with E-state index in [2.05, 4.69) is 4.98 Å². The molecule has 2 aromatic rings. The normalized spacial score (nSPS) is 17.9. The van der Waals surface area contributed by atoms with Crippen molar-refractivity contribution >= 4 is 22.8 Å². The summed E-state index contributed by atoms with van der Waals surface area (Å²) in [5, 5.41) is 9.30. The Morgan fingerprint density at radius 3 is 2.77 bits per heavy atom. The van der Waals surface area contributed by atoms with Gasteiger partial charge in [0.1, 0.15) is 5.82 Å². The largest absolute Gasteiger partial charge is 0.481 e. The van der Waals surface area contributed by atoms with Gasteiger partial charge >= 0.3 is 5.97 Å². The van der Waals surface area contributed by atoms with Crippen LogP contribution in [0.25, 0.3) is 10.9 Å². The van der Waals surface area contributed by atoms with Crippen LogP contribution in [0.3, 0.4) is 0 Å². The molecule has 114 valence electrons. The molecular formula is C15H13FN2O4. The van der Waals surface area contributed by atoms with Crippen LogP contribution >= 0.6 is 0 Å². The molecular weight excluding hydrogens is 291 g/mol. The molecule has 0 saturated carbocycles. The van der Waals surface area contributed by atoms with E-state index < -0.39 is 29.2 Å². The summed E-state index contributed by atoms with van der Waals surface area (Å²) in [5.41, 5.74) is -0.00744. The number of rotatable bonds is 2. The zero-order valence-electron chi connectivity index (χ0n) is 11.5.